The molecule has 7 heteroatoms. The third kappa shape index (κ3) is 1.77. The van der Waals surface area contributed by atoms with Crippen molar-refractivity contribution in [1.29, 1.82) is 0 Å². The van der Waals surface area contributed by atoms with Gasteiger partial charge >= 0.3 is 0 Å². The van der Waals surface area contributed by atoms with Gasteiger partial charge in [-0.3, -0.25) is 0 Å². The number of sulfonamides is 1. The standard InChI is InChI=1S/C9H13N3O3S/c1-9(13)5-12(6-9)16(14,15)7-3-2-4-11-8(7)10/h2-4,13H,5-6H2,1H3,(H2,10,11). The van der Waals surface area contributed by atoms with Crippen molar-refractivity contribution in [3.63, 3.8) is 0 Å². The van der Waals surface area contributed by atoms with Gasteiger partial charge in [0.05, 0.1) is 5.60 Å². The predicted molar refractivity (Wildman–Crippen MR) is 58.0 cm³/mol. The molecule has 0 bridgehead atoms. The SMILES string of the molecule is CC1(O)CN(S(=O)(=O)c2cccnc2N)C1. The molecular formula is C9H13N3O3S. The zero-order valence-electron chi connectivity index (χ0n) is 8.79. The summed E-state index contributed by atoms with van der Waals surface area (Å²) in [6.45, 7) is 1.76. The van der Waals surface area contributed by atoms with Crippen molar-refractivity contribution >= 4 is 15.8 Å². The Labute approximate surface area is 93.8 Å². The van der Waals surface area contributed by atoms with Crippen molar-refractivity contribution < 1.29 is 13.5 Å². The number of aromatic nitrogens is 1. The van der Waals surface area contributed by atoms with Crippen molar-refractivity contribution in [2.75, 3.05) is 18.8 Å². The summed E-state index contributed by atoms with van der Waals surface area (Å²) >= 11 is 0. The molecule has 2 rings (SSSR count). The van der Waals surface area contributed by atoms with Gasteiger partial charge in [0.1, 0.15) is 10.7 Å². The first-order chi connectivity index (χ1) is 7.33. The lowest BCUT2D eigenvalue weighted by atomic mass is 10.0. The first kappa shape index (κ1) is 11.3. The summed E-state index contributed by atoms with van der Waals surface area (Å²) in [7, 11) is -3.62. The van der Waals surface area contributed by atoms with Gasteiger partial charge in [0.15, 0.2) is 0 Å². The molecular weight excluding hydrogens is 230 g/mol. The maximum Gasteiger partial charge on any atom is 0.246 e. The van der Waals surface area contributed by atoms with Crippen LogP contribution in [0.4, 0.5) is 5.82 Å². The zero-order valence-corrected chi connectivity index (χ0v) is 9.61. The lowest BCUT2D eigenvalue weighted by Crippen LogP contribution is -2.61. The molecule has 0 aromatic carbocycles. The van der Waals surface area contributed by atoms with Crippen molar-refractivity contribution in [1.82, 2.24) is 9.29 Å². The number of β-amino-alcohol motifs (C(OH)–C–C–N with tert-alkyl or cyclic N) is 1. The van der Waals surface area contributed by atoms with E-state index in [1.165, 1.54) is 22.6 Å². The Balaban J connectivity index is 2.32. The Morgan fingerprint density at radius 3 is 2.69 bits per heavy atom. The van der Waals surface area contributed by atoms with Crippen LogP contribution in [0.1, 0.15) is 6.92 Å². The van der Waals surface area contributed by atoms with Crippen LogP contribution in [0.2, 0.25) is 0 Å². The van der Waals surface area contributed by atoms with Crippen LogP contribution in [0.25, 0.3) is 0 Å². The fourth-order valence-corrected chi connectivity index (χ4v) is 3.39. The van der Waals surface area contributed by atoms with E-state index in [4.69, 9.17) is 5.73 Å². The minimum Gasteiger partial charge on any atom is -0.387 e. The molecule has 6 nitrogen and oxygen atoms in total. The van der Waals surface area contributed by atoms with Crippen LogP contribution < -0.4 is 5.73 Å². The maximum atomic E-state index is 12.0. The van der Waals surface area contributed by atoms with Crippen LogP contribution >= 0.6 is 0 Å². The van der Waals surface area contributed by atoms with Crippen LogP contribution in [-0.2, 0) is 10.0 Å². The minimum absolute atomic E-state index is 0.00880. The van der Waals surface area contributed by atoms with E-state index in [-0.39, 0.29) is 23.8 Å². The van der Waals surface area contributed by atoms with E-state index in [1.807, 2.05) is 0 Å². The number of rotatable bonds is 2. The smallest absolute Gasteiger partial charge is 0.246 e. The van der Waals surface area contributed by atoms with E-state index >= 15 is 0 Å². The monoisotopic (exact) mass is 243 g/mol. The van der Waals surface area contributed by atoms with Crippen molar-refractivity contribution in [3.8, 4) is 0 Å². The van der Waals surface area contributed by atoms with Crippen LogP contribution in [-0.4, -0.2) is 41.5 Å². The normalized spacial score (nSPS) is 20.4. The number of pyridine rings is 1. The van der Waals surface area contributed by atoms with E-state index in [0.717, 1.165) is 0 Å². The fourth-order valence-electron chi connectivity index (χ4n) is 1.64. The summed E-state index contributed by atoms with van der Waals surface area (Å²) in [5.74, 6) is -0.0194. The van der Waals surface area contributed by atoms with Gasteiger partial charge < -0.3 is 10.8 Å². The van der Waals surface area contributed by atoms with Crippen LogP contribution in [0, 0.1) is 0 Å². The Hall–Kier alpha value is -1.18. The molecule has 16 heavy (non-hydrogen) atoms. The molecule has 0 spiro atoms. The molecule has 2 heterocycles. The molecule has 0 aliphatic carbocycles. The predicted octanol–water partition coefficient (Wildman–Crippen LogP) is -0.581. The maximum absolute atomic E-state index is 12.0. The molecule has 88 valence electrons. The number of hydrogen-bond donors (Lipinski definition) is 2. The molecule has 0 amide bonds. The number of anilines is 1. The number of nitrogens with two attached hydrogens (primary N) is 1. The quantitative estimate of drug-likeness (QED) is 0.724. The van der Waals surface area contributed by atoms with Crippen molar-refractivity contribution in [2.45, 2.75) is 17.4 Å². The molecule has 1 aliphatic heterocycles. The highest BCUT2D eigenvalue weighted by atomic mass is 32.2. The third-order valence-electron chi connectivity index (χ3n) is 2.45. The second-order valence-corrected chi connectivity index (χ2v) is 6.06. The molecule has 1 aromatic heterocycles. The number of hydrogen-bond acceptors (Lipinski definition) is 5. The number of nitrogens with zero attached hydrogens (tertiary/aromatic N) is 2. The summed E-state index contributed by atoms with van der Waals surface area (Å²) in [6.07, 6.45) is 1.43. The van der Waals surface area contributed by atoms with Crippen LogP contribution in [0.5, 0.6) is 0 Å². The highest BCUT2D eigenvalue weighted by Gasteiger charge is 2.44. The highest BCUT2D eigenvalue weighted by Crippen LogP contribution is 2.29. The van der Waals surface area contributed by atoms with Gasteiger partial charge in [-0.1, -0.05) is 0 Å². The van der Waals surface area contributed by atoms with Gasteiger partial charge in [0.25, 0.3) is 0 Å². The molecule has 0 atom stereocenters. The molecule has 0 unspecified atom stereocenters. The first-order valence-electron chi connectivity index (χ1n) is 4.76. The summed E-state index contributed by atoms with van der Waals surface area (Å²) in [5, 5.41) is 9.51. The Kier molecular flexibility index (Phi) is 2.41. The van der Waals surface area contributed by atoms with Gasteiger partial charge in [0.2, 0.25) is 10.0 Å². The Bertz CT molecular complexity index is 504. The van der Waals surface area contributed by atoms with Gasteiger partial charge in [-0.15, -0.1) is 0 Å². The van der Waals surface area contributed by atoms with E-state index in [9.17, 15) is 13.5 Å². The number of aliphatic hydroxyl groups is 1. The lowest BCUT2D eigenvalue weighted by molar-refractivity contribution is -0.0426. The lowest BCUT2D eigenvalue weighted by Gasteiger charge is -2.42. The van der Waals surface area contributed by atoms with Crippen molar-refractivity contribution in [3.05, 3.63) is 18.3 Å². The average Bonchev–Trinajstić information content (AvgIpc) is 2.14. The van der Waals surface area contributed by atoms with E-state index in [0.29, 0.717) is 0 Å². The average molecular weight is 243 g/mol. The first-order valence-corrected chi connectivity index (χ1v) is 6.20. The fraction of sp³-hybridized carbons (Fsp3) is 0.444. The molecule has 1 saturated heterocycles. The zero-order chi connectivity index (χ0) is 12.0. The summed E-state index contributed by atoms with van der Waals surface area (Å²) in [4.78, 5) is 3.72. The Morgan fingerprint density at radius 1 is 1.56 bits per heavy atom. The Morgan fingerprint density at radius 2 is 2.19 bits per heavy atom. The largest absolute Gasteiger partial charge is 0.387 e. The summed E-state index contributed by atoms with van der Waals surface area (Å²) in [5.41, 5.74) is 4.57. The van der Waals surface area contributed by atoms with Gasteiger partial charge in [-0.2, -0.15) is 4.31 Å². The van der Waals surface area contributed by atoms with E-state index < -0.39 is 15.6 Å². The van der Waals surface area contributed by atoms with Gasteiger partial charge in [-0.05, 0) is 19.1 Å². The third-order valence-corrected chi connectivity index (χ3v) is 4.29. The van der Waals surface area contributed by atoms with Crippen LogP contribution in [0.3, 0.4) is 0 Å². The highest BCUT2D eigenvalue weighted by molar-refractivity contribution is 7.89. The minimum atomic E-state index is -3.62. The topological polar surface area (TPSA) is 96.5 Å². The number of nitrogen functional groups attached to an aromatic ring is 1. The molecule has 1 fully saturated rings. The molecule has 1 aromatic rings. The molecule has 0 radical (unpaired) electrons. The summed E-state index contributed by atoms with van der Waals surface area (Å²) in [6, 6.07) is 2.92. The van der Waals surface area contributed by atoms with Gasteiger partial charge in [-0.25, -0.2) is 13.4 Å². The summed E-state index contributed by atoms with van der Waals surface area (Å²) < 4.78 is 25.2. The van der Waals surface area contributed by atoms with E-state index in [1.54, 1.807) is 6.92 Å². The van der Waals surface area contributed by atoms with Crippen LogP contribution in [0.15, 0.2) is 23.2 Å². The van der Waals surface area contributed by atoms with E-state index in [2.05, 4.69) is 4.98 Å². The second kappa shape index (κ2) is 3.41. The van der Waals surface area contributed by atoms with Crippen molar-refractivity contribution in [2.24, 2.45) is 0 Å². The van der Waals surface area contributed by atoms with Gasteiger partial charge in [0, 0.05) is 19.3 Å². The molecule has 3 N–H and O–H groups in total. The second-order valence-electron chi connectivity index (χ2n) is 4.16. The molecule has 0 saturated carbocycles. The molecule has 1 aliphatic rings.